The van der Waals surface area contributed by atoms with Crippen molar-refractivity contribution in [3.63, 3.8) is 0 Å². The lowest BCUT2D eigenvalue weighted by Crippen LogP contribution is -2.54. The predicted molar refractivity (Wildman–Crippen MR) is 125 cm³/mol. The molecule has 3 rings (SSSR count). The summed E-state index contributed by atoms with van der Waals surface area (Å²) in [7, 11) is -0.125. The highest BCUT2D eigenvalue weighted by molar-refractivity contribution is 7.92. The lowest BCUT2D eigenvalue weighted by atomic mass is 9.80. The standard InChI is InChI=1S/C24H30F3N3O3S/c1-30(2)23(13-4-3-5-14-23)17-28-22(31)15-18-9-11-20(12-10-18)29-34(32,33)21-8-6-7-19(16-21)24(25,26)27/h6-12,16,29H,3-5,13-15,17H2,1-2H3,(H,28,31). The van der Waals surface area contributed by atoms with E-state index >= 15 is 0 Å². The number of carbonyl (C=O) groups is 1. The van der Waals surface area contributed by atoms with Gasteiger partial charge in [0.25, 0.3) is 10.0 Å². The highest BCUT2D eigenvalue weighted by atomic mass is 32.2. The third-order valence-corrected chi connectivity index (χ3v) is 7.77. The van der Waals surface area contributed by atoms with E-state index in [1.807, 2.05) is 14.1 Å². The van der Waals surface area contributed by atoms with Crippen LogP contribution in [0.1, 0.15) is 43.2 Å². The maximum atomic E-state index is 12.9. The van der Waals surface area contributed by atoms with Crippen LogP contribution in [0, 0.1) is 0 Å². The Hall–Kier alpha value is -2.59. The molecule has 0 unspecified atom stereocenters. The second kappa shape index (κ2) is 10.4. The van der Waals surface area contributed by atoms with Gasteiger partial charge in [-0.25, -0.2) is 8.42 Å². The summed E-state index contributed by atoms with van der Waals surface area (Å²) in [5.74, 6) is -0.121. The first-order valence-corrected chi connectivity index (χ1v) is 12.6. The van der Waals surface area contributed by atoms with Crippen molar-refractivity contribution in [1.82, 2.24) is 10.2 Å². The van der Waals surface area contributed by atoms with Crippen LogP contribution < -0.4 is 10.0 Å². The van der Waals surface area contributed by atoms with Crippen molar-refractivity contribution < 1.29 is 26.4 Å². The van der Waals surface area contributed by atoms with Crippen molar-refractivity contribution in [2.24, 2.45) is 0 Å². The summed E-state index contributed by atoms with van der Waals surface area (Å²) in [5.41, 5.74) is -0.183. The first-order valence-electron chi connectivity index (χ1n) is 11.1. The SMILES string of the molecule is CN(C)C1(CNC(=O)Cc2ccc(NS(=O)(=O)c3cccc(C(F)(F)F)c3)cc2)CCCCC1. The molecule has 34 heavy (non-hydrogen) atoms. The fraction of sp³-hybridized carbons (Fsp3) is 0.458. The lowest BCUT2D eigenvalue weighted by Gasteiger charge is -2.43. The fourth-order valence-electron chi connectivity index (χ4n) is 4.25. The molecule has 6 nitrogen and oxygen atoms in total. The van der Waals surface area contributed by atoms with Gasteiger partial charge >= 0.3 is 6.18 Å². The first kappa shape index (κ1) is 26.0. The van der Waals surface area contributed by atoms with Gasteiger partial charge in [0.05, 0.1) is 16.9 Å². The number of sulfonamides is 1. The third-order valence-electron chi connectivity index (χ3n) is 6.39. The zero-order valence-electron chi connectivity index (χ0n) is 19.3. The van der Waals surface area contributed by atoms with Crippen LogP contribution in [0.5, 0.6) is 0 Å². The minimum absolute atomic E-state index is 0.0283. The topological polar surface area (TPSA) is 78.5 Å². The molecule has 0 aromatic heterocycles. The Balaban J connectivity index is 1.60. The zero-order chi connectivity index (χ0) is 25.0. The second-order valence-corrected chi connectivity index (χ2v) is 10.6. The number of carbonyl (C=O) groups excluding carboxylic acids is 1. The Bertz CT molecular complexity index is 1090. The molecule has 2 aromatic rings. The van der Waals surface area contributed by atoms with Gasteiger partial charge in [0.1, 0.15) is 0 Å². The van der Waals surface area contributed by atoms with Gasteiger partial charge in [-0.05, 0) is 62.8 Å². The largest absolute Gasteiger partial charge is 0.416 e. The quantitative estimate of drug-likeness (QED) is 0.566. The van der Waals surface area contributed by atoms with Gasteiger partial charge in [-0.15, -0.1) is 0 Å². The van der Waals surface area contributed by atoms with Crippen molar-refractivity contribution in [2.75, 3.05) is 25.4 Å². The van der Waals surface area contributed by atoms with Gasteiger partial charge in [-0.2, -0.15) is 13.2 Å². The molecule has 1 saturated carbocycles. The van der Waals surface area contributed by atoms with Crippen LogP contribution in [0.3, 0.4) is 0 Å². The minimum atomic E-state index is -4.64. The number of nitrogens with one attached hydrogen (secondary N) is 2. The van der Waals surface area contributed by atoms with Crippen molar-refractivity contribution in [1.29, 1.82) is 0 Å². The molecule has 0 saturated heterocycles. The van der Waals surface area contributed by atoms with Crippen molar-refractivity contribution in [2.45, 2.75) is 55.1 Å². The molecule has 186 valence electrons. The van der Waals surface area contributed by atoms with Crippen LogP contribution in [0.2, 0.25) is 0 Å². The van der Waals surface area contributed by atoms with Crippen molar-refractivity contribution in [3.8, 4) is 0 Å². The van der Waals surface area contributed by atoms with Crippen LogP contribution >= 0.6 is 0 Å². The molecule has 2 N–H and O–H groups in total. The molecule has 0 heterocycles. The summed E-state index contributed by atoms with van der Waals surface area (Å²) in [5, 5.41) is 3.03. The predicted octanol–water partition coefficient (Wildman–Crippen LogP) is 4.43. The van der Waals surface area contributed by atoms with Gasteiger partial charge < -0.3 is 10.2 Å². The monoisotopic (exact) mass is 497 g/mol. The van der Waals surface area contributed by atoms with E-state index in [0.29, 0.717) is 18.2 Å². The van der Waals surface area contributed by atoms with E-state index in [0.717, 1.165) is 43.9 Å². The molecule has 1 aliphatic rings. The normalized spacial score (nSPS) is 16.3. The number of nitrogens with zero attached hydrogens (tertiary/aromatic N) is 1. The van der Waals surface area contributed by atoms with E-state index in [4.69, 9.17) is 0 Å². The first-order chi connectivity index (χ1) is 15.9. The average Bonchev–Trinajstić information content (AvgIpc) is 2.79. The number of hydrogen-bond acceptors (Lipinski definition) is 4. The van der Waals surface area contributed by atoms with Gasteiger partial charge in [0, 0.05) is 17.8 Å². The number of likely N-dealkylation sites (N-methyl/N-ethyl adjacent to an activating group) is 1. The minimum Gasteiger partial charge on any atom is -0.354 e. The summed E-state index contributed by atoms with van der Waals surface area (Å²) in [4.78, 5) is 14.2. The average molecular weight is 498 g/mol. The maximum absolute atomic E-state index is 12.9. The third kappa shape index (κ3) is 6.50. The summed E-state index contributed by atoms with van der Waals surface area (Å²) < 4.78 is 66.0. The summed E-state index contributed by atoms with van der Waals surface area (Å²) in [6.45, 7) is 0.577. The number of amides is 1. The number of hydrogen-bond donors (Lipinski definition) is 2. The Kier molecular flexibility index (Phi) is 7.92. The maximum Gasteiger partial charge on any atom is 0.416 e. The molecular weight excluding hydrogens is 467 g/mol. The Morgan fingerprint density at radius 2 is 1.68 bits per heavy atom. The number of halogens is 3. The molecular formula is C24H30F3N3O3S. The number of alkyl halides is 3. The molecule has 1 fully saturated rings. The van der Waals surface area contributed by atoms with Gasteiger partial charge in [0.15, 0.2) is 0 Å². The number of rotatable bonds is 8. The van der Waals surface area contributed by atoms with Crippen molar-refractivity contribution in [3.05, 3.63) is 59.7 Å². The fourth-order valence-corrected chi connectivity index (χ4v) is 5.35. The van der Waals surface area contributed by atoms with E-state index in [1.165, 1.54) is 18.6 Å². The van der Waals surface area contributed by atoms with E-state index in [1.54, 1.807) is 12.1 Å². The van der Waals surface area contributed by atoms with E-state index in [9.17, 15) is 26.4 Å². The van der Waals surface area contributed by atoms with Gasteiger partial charge in [-0.1, -0.05) is 37.5 Å². The molecule has 0 atom stereocenters. The Morgan fingerprint density at radius 3 is 2.26 bits per heavy atom. The smallest absolute Gasteiger partial charge is 0.354 e. The zero-order valence-corrected chi connectivity index (χ0v) is 20.1. The Labute approximate surface area is 198 Å². The van der Waals surface area contributed by atoms with Crippen LogP contribution in [-0.4, -0.2) is 45.4 Å². The molecule has 1 amide bonds. The van der Waals surface area contributed by atoms with E-state index in [-0.39, 0.29) is 23.6 Å². The highest BCUT2D eigenvalue weighted by Crippen LogP contribution is 2.32. The highest BCUT2D eigenvalue weighted by Gasteiger charge is 2.34. The molecule has 10 heteroatoms. The lowest BCUT2D eigenvalue weighted by molar-refractivity contribution is -0.137. The van der Waals surface area contributed by atoms with E-state index in [2.05, 4.69) is 14.9 Å². The van der Waals surface area contributed by atoms with Crippen molar-refractivity contribution >= 4 is 21.6 Å². The van der Waals surface area contributed by atoms with Crippen LogP contribution in [0.15, 0.2) is 53.4 Å². The number of anilines is 1. The molecule has 2 aromatic carbocycles. The summed E-state index contributed by atoms with van der Waals surface area (Å²) in [6.07, 6.45) is 1.09. The summed E-state index contributed by atoms with van der Waals surface area (Å²) in [6, 6.07) is 9.75. The molecule has 1 aliphatic carbocycles. The second-order valence-electron chi connectivity index (χ2n) is 8.96. The van der Waals surface area contributed by atoms with Crippen LogP contribution in [0.4, 0.5) is 18.9 Å². The molecule has 0 bridgehead atoms. The molecule has 0 spiro atoms. The van der Waals surface area contributed by atoms with Crippen LogP contribution in [-0.2, 0) is 27.4 Å². The van der Waals surface area contributed by atoms with Gasteiger partial charge in [0.2, 0.25) is 5.91 Å². The Morgan fingerprint density at radius 1 is 1.03 bits per heavy atom. The van der Waals surface area contributed by atoms with Gasteiger partial charge in [-0.3, -0.25) is 9.52 Å². The number of benzene rings is 2. The van der Waals surface area contributed by atoms with Crippen LogP contribution in [0.25, 0.3) is 0 Å². The summed E-state index contributed by atoms with van der Waals surface area (Å²) >= 11 is 0. The molecule has 0 radical (unpaired) electrons. The van der Waals surface area contributed by atoms with E-state index < -0.39 is 26.7 Å². The molecule has 0 aliphatic heterocycles.